The molecule has 13 nitrogen and oxygen atoms in total. The lowest BCUT2D eigenvalue weighted by Crippen LogP contribution is -2.57. The highest BCUT2D eigenvalue weighted by Gasteiger charge is 2.31. The van der Waals surface area contributed by atoms with Crippen LogP contribution in [-0.2, 0) is 30.4 Å². The van der Waals surface area contributed by atoms with Crippen LogP contribution in [0.15, 0.2) is 30.5 Å². The summed E-state index contributed by atoms with van der Waals surface area (Å²) in [6.07, 6.45) is 4.64. The SMILES string of the molecule is CSCCC(NC(=O)C(Cc1c[nH]c2ccccc12)NC(=O)C(CCC(=O)O)NC(=O)C(N)CCCCN)C(=O)O. The molecule has 4 atom stereocenters. The first-order valence-electron chi connectivity index (χ1n) is 13.4. The lowest BCUT2D eigenvalue weighted by atomic mass is 10.0. The summed E-state index contributed by atoms with van der Waals surface area (Å²) in [7, 11) is 0. The molecule has 0 bridgehead atoms. The minimum absolute atomic E-state index is 0.00858. The second-order valence-corrected chi connectivity index (χ2v) is 10.7. The number of para-hydroxylation sites is 1. The van der Waals surface area contributed by atoms with Gasteiger partial charge in [-0.15, -0.1) is 0 Å². The molecule has 2 aromatic rings. The number of rotatable bonds is 19. The first-order chi connectivity index (χ1) is 19.6. The standard InChI is InChI=1S/C27H40N6O7S/c1-41-13-11-21(27(39)40)32-26(38)22(14-16-15-30-19-8-3-2-6-17(16)19)33-25(37)20(9-10-23(34)35)31-24(36)18(29)7-4-5-12-28/h2-3,6,8,15,18,20-22,30H,4-5,7,9-14,28-29H2,1H3,(H,31,36)(H,32,38)(H,33,37)(H,34,35)(H,39,40). The van der Waals surface area contributed by atoms with Crippen molar-refractivity contribution in [3.8, 4) is 0 Å². The van der Waals surface area contributed by atoms with Gasteiger partial charge in [0.15, 0.2) is 0 Å². The highest BCUT2D eigenvalue weighted by atomic mass is 32.2. The predicted octanol–water partition coefficient (Wildman–Crippen LogP) is 0.324. The number of thioether (sulfide) groups is 1. The summed E-state index contributed by atoms with van der Waals surface area (Å²) < 4.78 is 0. The number of aromatic nitrogens is 1. The quantitative estimate of drug-likeness (QED) is 0.104. The van der Waals surface area contributed by atoms with Gasteiger partial charge in [-0.05, 0) is 55.9 Å². The van der Waals surface area contributed by atoms with E-state index < -0.39 is 60.2 Å². The topological polar surface area (TPSA) is 230 Å². The molecule has 0 fully saturated rings. The second kappa shape index (κ2) is 17.3. The molecule has 0 aliphatic rings. The van der Waals surface area contributed by atoms with Crippen molar-refractivity contribution < 1.29 is 34.2 Å². The Morgan fingerprint density at radius 1 is 0.902 bits per heavy atom. The van der Waals surface area contributed by atoms with Gasteiger partial charge in [0.1, 0.15) is 18.1 Å². The van der Waals surface area contributed by atoms with Gasteiger partial charge in [-0.1, -0.05) is 24.6 Å². The number of benzene rings is 1. The third kappa shape index (κ3) is 11.1. The number of fused-ring (bicyclic) bond motifs is 1. The van der Waals surface area contributed by atoms with E-state index >= 15 is 0 Å². The van der Waals surface area contributed by atoms with E-state index in [0.29, 0.717) is 37.1 Å². The number of aromatic amines is 1. The zero-order valence-electron chi connectivity index (χ0n) is 23.1. The minimum Gasteiger partial charge on any atom is -0.481 e. The van der Waals surface area contributed by atoms with Crippen molar-refractivity contribution in [2.24, 2.45) is 11.5 Å². The van der Waals surface area contributed by atoms with Crippen LogP contribution in [0.3, 0.4) is 0 Å². The smallest absolute Gasteiger partial charge is 0.326 e. The van der Waals surface area contributed by atoms with Crippen LogP contribution < -0.4 is 27.4 Å². The van der Waals surface area contributed by atoms with Crippen LogP contribution in [0.25, 0.3) is 10.9 Å². The number of carbonyl (C=O) groups is 5. The van der Waals surface area contributed by atoms with E-state index in [1.54, 1.807) is 6.20 Å². The number of nitrogens with one attached hydrogen (secondary N) is 4. The molecule has 2 rings (SSSR count). The van der Waals surface area contributed by atoms with Crippen LogP contribution in [0.2, 0.25) is 0 Å². The van der Waals surface area contributed by atoms with Crippen molar-refractivity contribution in [3.05, 3.63) is 36.0 Å². The molecule has 0 aliphatic heterocycles. The van der Waals surface area contributed by atoms with Gasteiger partial charge in [-0.25, -0.2) is 4.79 Å². The number of carboxylic acid groups (broad SMARTS) is 2. The molecule has 1 aromatic carbocycles. The van der Waals surface area contributed by atoms with Gasteiger partial charge in [-0.3, -0.25) is 19.2 Å². The number of carboxylic acids is 2. The van der Waals surface area contributed by atoms with Crippen LogP contribution >= 0.6 is 11.8 Å². The van der Waals surface area contributed by atoms with Crippen LogP contribution in [0.1, 0.15) is 44.1 Å². The molecule has 0 saturated heterocycles. The van der Waals surface area contributed by atoms with Gasteiger partial charge in [0, 0.05) is 29.9 Å². The highest BCUT2D eigenvalue weighted by molar-refractivity contribution is 7.98. The monoisotopic (exact) mass is 592 g/mol. The van der Waals surface area contributed by atoms with Crippen LogP contribution in [0, 0.1) is 0 Å². The summed E-state index contributed by atoms with van der Waals surface area (Å²) in [5.41, 5.74) is 12.9. The molecule has 0 aliphatic carbocycles. The summed E-state index contributed by atoms with van der Waals surface area (Å²) in [6.45, 7) is 0.442. The average molecular weight is 593 g/mol. The first-order valence-corrected chi connectivity index (χ1v) is 14.8. The van der Waals surface area contributed by atoms with Crippen molar-refractivity contribution in [1.82, 2.24) is 20.9 Å². The molecule has 0 radical (unpaired) electrons. The van der Waals surface area contributed by atoms with Gasteiger partial charge >= 0.3 is 11.9 Å². The van der Waals surface area contributed by atoms with Crippen molar-refractivity contribution in [1.29, 1.82) is 0 Å². The molecule has 0 spiro atoms. The number of H-pyrrole nitrogens is 1. The molecule has 1 aromatic heterocycles. The van der Waals surface area contributed by atoms with Gasteiger partial charge in [-0.2, -0.15) is 11.8 Å². The maximum absolute atomic E-state index is 13.4. The Balaban J connectivity index is 2.29. The van der Waals surface area contributed by atoms with Crippen molar-refractivity contribution >= 4 is 52.3 Å². The first kappa shape index (κ1) is 33.6. The zero-order chi connectivity index (χ0) is 30.4. The normalized spacial score (nSPS) is 14.0. The maximum atomic E-state index is 13.4. The van der Waals surface area contributed by atoms with Crippen LogP contribution in [0.4, 0.5) is 0 Å². The number of hydrogen-bond acceptors (Lipinski definition) is 8. The summed E-state index contributed by atoms with van der Waals surface area (Å²) in [5, 5.41) is 27.2. The molecule has 41 heavy (non-hydrogen) atoms. The zero-order valence-corrected chi connectivity index (χ0v) is 23.9. The van der Waals surface area contributed by atoms with E-state index in [9.17, 15) is 34.2 Å². The van der Waals surface area contributed by atoms with E-state index in [2.05, 4.69) is 20.9 Å². The fourth-order valence-electron chi connectivity index (χ4n) is 4.22. The van der Waals surface area contributed by atoms with E-state index in [-0.39, 0.29) is 19.3 Å². The summed E-state index contributed by atoms with van der Waals surface area (Å²) in [5.74, 6) is -4.03. The van der Waals surface area contributed by atoms with E-state index in [0.717, 1.165) is 10.9 Å². The van der Waals surface area contributed by atoms with Crippen LogP contribution in [-0.4, -0.2) is 87.6 Å². The van der Waals surface area contributed by atoms with Gasteiger partial charge < -0.3 is 42.6 Å². The Morgan fingerprint density at radius 3 is 2.22 bits per heavy atom. The fourth-order valence-corrected chi connectivity index (χ4v) is 4.69. The maximum Gasteiger partial charge on any atom is 0.326 e. The van der Waals surface area contributed by atoms with Gasteiger partial charge in [0.25, 0.3) is 0 Å². The Hall–Kier alpha value is -3.62. The van der Waals surface area contributed by atoms with Crippen LogP contribution in [0.5, 0.6) is 0 Å². The number of amides is 3. The Kier molecular flexibility index (Phi) is 14.1. The number of unbranched alkanes of at least 4 members (excludes halogenated alkanes) is 1. The number of aliphatic carboxylic acids is 2. The average Bonchev–Trinajstić information content (AvgIpc) is 3.35. The summed E-state index contributed by atoms with van der Waals surface area (Å²) in [4.78, 5) is 65.6. The van der Waals surface area contributed by atoms with Crippen molar-refractivity contribution in [3.63, 3.8) is 0 Å². The van der Waals surface area contributed by atoms with E-state index in [1.807, 2.05) is 30.5 Å². The molecule has 4 unspecified atom stereocenters. The lowest BCUT2D eigenvalue weighted by molar-refractivity contribution is -0.142. The molecule has 10 N–H and O–H groups in total. The predicted molar refractivity (Wildman–Crippen MR) is 156 cm³/mol. The van der Waals surface area contributed by atoms with E-state index in [4.69, 9.17) is 11.5 Å². The molecule has 14 heteroatoms. The summed E-state index contributed by atoms with van der Waals surface area (Å²) in [6, 6.07) is 2.75. The molecule has 3 amide bonds. The molecule has 1 heterocycles. The number of carbonyl (C=O) groups excluding carboxylic acids is 3. The van der Waals surface area contributed by atoms with Crippen molar-refractivity contribution in [2.45, 2.75) is 69.1 Å². The lowest BCUT2D eigenvalue weighted by Gasteiger charge is -2.25. The highest BCUT2D eigenvalue weighted by Crippen LogP contribution is 2.19. The largest absolute Gasteiger partial charge is 0.481 e. The fraction of sp³-hybridized carbons (Fsp3) is 0.519. The summed E-state index contributed by atoms with van der Waals surface area (Å²) >= 11 is 1.43. The third-order valence-electron chi connectivity index (χ3n) is 6.54. The molecular formula is C27H40N6O7S. The molecular weight excluding hydrogens is 552 g/mol. The Morgan fingerprint density at radius 2 is 1.56 bits per heavy atom. The van der Waals surface area contributed by atoms with E-state index in [1.165, 1.54) is 11.8 Å². The minimum atomic E-state index is -1.29. The molecule has 0 saturated carbocycles. The van der Waals surface area contributed by atoms with Gasteiger partial charge in [0.05, 0.1) is 6.04 Å². The Bertz CT molecular complexity index is 1190. The van der Waals surface area contributed by atoms with Crippen molar-refractivity contribution in [2.75, 3.05) is 18.6 Å². The number of hydrogen-bond donors (Lipinski definition) is 8. The number of nitrogens with two attached hydrogens (primary N) is 2. The second-order valence-electron chi connectivity index (χ2n) is 9.69. The Labute approximate surface area is 242 Å². The molecule has 226 valence electrons. The van der Waals surface area contributed by atoms with Gasteiger partial charge in [0.2, 0.25) is 17.7 Å². The third-order valence-corrected chi connectivity index (χ3v) is 7.19.